The summed E-state index contributed by atoms with van der Waals surface area (Å²) in [5, 5.41) is 0. The Morgan fingerprint density at radius 1 is 1.00 bits per heavy atom. The average molecular weight is 337 g/mol. The highest BCUT2D eigenvalue weighted by molar-refractivity contribution is 5.54. The number of hydrogen-bond donors (Lipinski definition) is 0. The smallest absolute Gasteiger partial charge is 0.119 e. The van der Waals surface area contributed by atoms with Gasteiger partial charge in [-0.15, -0.1) is 0 Å². The summed E-state index contributed by atoms with van der Waals surface area (Å²) in [6.07, 6.45) is 18.0. The minimum atomic E-state index is 0.702. The summed E-state index contributed by atoms with van der Waals surface area (Å²) in [6, 6.07) is 8.09. The molecule has 25 heavy (non-hydrogen) atoms. The number of benzene rings is 1. The van der Waals surface area contributed by atoms with Crippen molar-refractivity contribution in [2.45, 2.75) is 58.8 Å². The number of unbranched alkanes of at least 4 members (excludes halogenated alkanes) is 1. The number of allylic oxidation sites excluding steroid dienone is 3. The lowest BCUT2D eigenvalue weighted by Gasteiger charge is -2.26. The molecule has 1 saturated carbocycles. The first kappa shape index (κ1) is 19.4. The zero-order valence-electron chi connectivity index (χ0n) is 15.8. The van der Waals surface area contributed by atoms with E-state index in [-0.39, 0.29) is 0 Å². The Morgan fingerprint density at radius 3 is 2.40 bits per heavy atom. The molecule has 0 saturated heterocycles. The quantitative estimate of drug-likeness (QED) is 0.506. The summed E-state index contributed by atoms with van der Waals surface area (Å²) in [6.45, 7) is 4.99. The van der Waals surface area contributed by atoms with Gasteiger partial charge < -0.3 is 4.74 Å². The molecule has 0 bridgehead atoms. The van der Waals surface area contributed by atoms with Crippen molar-refractivity contribution in [3.8, 4) is 17.6 Å². The molecule has 1 aliphatic rings. The predicted octanol–water partition coefficient (Wildman–Crippen LogP) is 6.65. The van der Waals surface area contributed by atoms with E-state index in [0.717, 1.165) is 23.1 Å². The van der Waals surface area contributed by atoms with E-state index in [1.54, 1.807) is 0 Å². The van der Waals surface area contributed by atoms with Gasteiger partial charge in [0.2, 0.25) is 0 Å². The molecule has 0 heterocycles. The monoisotopic (exact) mass is 336 g/mol. The van der Waals surface area contributed by atoms with Crippen molar-refractivity contribution in [3.63, 3.8) is 0 Å². The maximum absolute atomic E-state index is 5.44. The number of hydrogen-bond acceptors (Lipinski definition) is 1. The summed E-state index contributed by atoms with van der Waals surface area (Å²) in [4.78, 5) is 0. The van der Waals surface area contributed by atoms with Crippen LogP contribution < -0.4 is 4.74 Å². The van der Waals surface area contributed by atoms with E-state index in [2.05, 4.69) is 37.0 Å². The fourth-order valence-electron chi connectivity index (χ4n) is 3.42. The highest BCUT2D eigenvalue weighted by Gasteiger charge is 2.18. The van der Waals surface area contributed by atoms with Crippen LogP contribution >= 0.6 is 0 Å². The second kappa shape index (κ2) is 11.6. The maximum Gasteiger partial charge on any atom is 0.119 e. The molecule has 134 valence electrons. The van der Waals surface area contributed by atoms with Crippen LogP contribution in [0, 0.1) is 23.7 Å². The van der Waals surface area contributed by atoms with Gasteiger partial charge in [-0.2, -0.15) is 0 Å². The van der Waals surface area contributed by atoms with Crippen molar-refractivity contribution in [3.05, 3.63) is 48.1 Å². The van der Waals surface area contributed by atoms with E-state index in [1.807, 2.05) is 37.3 Å². The third-order valence-corrected chi connectivity index (χ3v) is 4.94. The summed E-state index contributed by atoms with van der Waals surface area (Å²) in [5.74, 6) is 8.87. The maximum atomic E-state index is 5.44. The normalized spacial score (nSPS) is 20.6. The van der Waals surface area contributed by atoms with Gasteiger partial charge in [0, 0.05) is 0 Å². The summed E-state index contributed by atoms with van der Waals surface area (Å²) < 4.78 is 5.44. The van der Waals surface area contributed by atoms with Crippen LogP contribution in [0.15, 0.2) is 42.5 Å². The lowest BCUT2D eigenvalue weighted by Crippen LogP contribution is -2.12. The Labute approximate surface area is 154 Å². The van der Waals surface area contributed by atoms with Gasteiger partial charge in [-0.1, -0.05) is 56.2 Å². The molecule has 1 aromatic rings. The first-order valence-electron chi connectivity index (χ1n) is 9.89. The first-order valence-corrected chi connectivity index (χ1v) is 9.89. The second-order valence-electron chi connectivity index (χ2n) is 6.91. The van der Waals surface area contributed by atoms with Crippen molar-refractivity contribution in [2.75, 3.05) is 6.61 Å². The Kier molecular flexibility index (Phi) is 8.98. The summed E-state index contributed by atoms with van der Waals surface area (Å²) in [7, 11) is 0. The van der Waals surface area contributed by atoms with Crippen LogP contribution in [0.4, 0.5) is 0 Å². The highest BCUT2D eigenvalue weighted by Crippen LogP contribution is 2.32. The predicted molar refractivity (Wildman–Crippen MR) is 109 cm³/mol. The largest absolute Gasteiger partial charge is 0.494 e. The molecule has 0 aromatic heterocycles. The molecule has 0 N–H and O–H groups in total. The first-order chi connectivity index (χ1) is 12.3. The molecule has 1 fully saturated rings. The third-order valence-electron chi connectivity index (χ3n) is 4.94. The van der Waals surface area contributed by atoms with Gasteiger partial charge in [0.25, 0.3) is 0 Å². The van der Waals surface area contributed by atoms with Crippen LogP contribution in [0.1, 0.15) is 64.4 Å². The van der Waals surface area contributed by atoms with E-state index in [1.165, 1.54) is 44.9 Å². The highest BCUT2D eigenvalue weighted by atomic mass is 16.5. The molecule has 0 spiro atoms. The van der Waals surface area contributed by atoms with Gasteiger partial charge in [0.1, 0.15) is 5.75 Å². The van der Waals surface area contributed by atoms with Gasteiger partial charge >= 0.3 is 0 Å². The standard InChI is InChI=1S/C24H32O/c1-3-5-10-21-13-15-22(16-14-21)11-8-6-7-9-12-23-17-19-24(20-18-23)25-4-2/h8-9,11-12,17-22H,3-5,10,13-16H2,1-2H3. The van der Waals surface area contributed by atoms with Crippen molar-refractivity contribution in [1.82, 2.24) is 0 Å². The van der Waals surface area contributed by atoms with Crippen LogP contribution in [-0.4, -0.2) is 6.61 Å². The van der Waals surface area contributed by atoms with Gasteiger partial charge in [-0.25, -0.2) is 0 Å². The van der Waals surface area contributed by atoms with Gasteiger partial charge in [-0.05, 0) is 80.4 Å². The average Bonchev–Trinajstić information content (AvgIpc) is 2.65. The van der Waals surface area contributed by atoms with E-state index in [9.17, 15) is 0 Å². The fourth-order valence-corrected chi connectivity index (χ4v) is 3.42. The molecular weight excluding hydrogens is 304 g/mol. The van der Waals surface area contributed by atoms with Crippen molar-refractivity contribution >= 4 is 6.08 Å². The number of rotatable bonds is 7. The van der Waals surface area contributed by atoms with Gasteiger partial charge in [-0.3, -0.25) is 0 Å². The van der Waals surface area contributed by atoms with Crippen LogP contribution in [0.2, 0.25) is 0 Å². The molecule has 0 amide bonds. The van der Waals surface area contributed by atoms with Crippen molar-refractivity contribution in [2.24, 2.45) is 11.8 Å². The topological polar surface area (TPSA) is 9.23 Å². The molecule has 2 rings (SSSR count). The van der Waals surface area contributed by atoms with Gasteiger partial charge in [0.15, 0.2) is 0 Å². The summed E-state index contributed by atoms with van der Waals surface area (Å²) >= 11 is 0. The van der Waals surface area contributed by atoms with E-state index in [4.69, 9.17) is 4.74 Å². The minimum Gasteiger partial charge on any atom is -0.494 e. The Balaban J connectivity index is 1.70. The molecule has 0 aliphatic heterocycles. The van der Waals surface area contributed by atoms with Gasteiger partial charge in [0.05, 0.1) is 6.61 Å². The molecular formula is C24H32O. The van der Waals surface area contributed by atoms with Crippen LogP contribution in [0.3, 0.4) is 0 Å². The number of ether oxygens (including phenoxy) is 1. The van der Waals surface area contributed by atoms with E-state index in [0.29, 0.717) is 6.61 Å². The SMILES string of the molecule is CCCCC1CCC(C=CC#CC=Cc2ccc(OCC)cc2)CC1. The van der Waals surface area contributed by atoms with Crippen LogP contribution in [0.5, 0.6) is 5.75 Å². The van der Waals surface area contributed by atoms with E-state index < -0.39 is 0 Å². The zero-order chi connectivity index (χ0) is 17.7. The molecule has 1 aromatic carbocycles. The fraction of sp³-hybridized carbons (Fsp3) is 0.500. The Hall–Kier alpha value is -1.94. The molecule has 0 atom stereocenters. The lowest BCUT2D eigenvalue weighted by atomic mass is 9.80. The molecule has 0 unspecified atom stereocenters. The summed E-state index contributed by atoms with van der Waals surface area (Å²) in [5.41, 5.74) is 1.15. The molecule has 1 nitrogen and oxygen atoms in total. The van der Waals surface area contributed by atoms with Crippen molar-refractivity contribution in [1.29, 1.82) is 0 Å². The zero-order valence-corrected chi connectivity index (χ0v) is 15.8. The molecule has 1 aliphatic carbocycles. The van der Waals surface area contributed by atoms with Crippen LogP contribution in [-0.2, 0) is 0 Å². The second-order valence-corrected chi connectivity index (χ2v) is 6.91. The lowest BCUT2D eigenvalue weighted by molar-refractivity contribution is 0.291. The third kappa shape index (κ3) is 7.65. The van der Waals surface area contributed by atoms with E-state index >= 15 is 0 Å². The molecule has 0 radical (unpaired) electrons. The van der Waals surface area contributed by atoms with Crippen molar-refractivity contribution < 1.29 is 4.74 Å². The Bertz CT molecular complexity index is 589. The van der Waals surface area contributed by atoms with Crippen LogP contribution in [0.25, 0.3) is 6.08 Å². The molecule has 1 heteroatoms. The Morgan fingerprint density at radius 2 is 1.72 bits per heavy atom. The minimum absolute atomic E-state index is 0.702.